The summed E-state index contributed by atoms with van der Waals surface area (Å²) in [6, 6.07) is 14.4. The third kappa shape index (κ3) is 3.60. The number of carbonyl (C=O) groups is 2. The normalized spacial score (nSPS) is 21.4. The van der Waals surface area contributed by atoms with E-state index in [1.165, 1.54) is 0 Å². The van der Waals surface area contributed by atoms with Crippen LogP contribution in [0.2, 0.25) is 0 Å². The third-order valence-electron chi connectivity index (χ3n) is 5.75. The monoisotopic (exact) mass is 388 g/mol. The minimum Gasteiger partial charge on any atom is -0.508 e. The van der Waals surface area contributed by atoms with Gasteiger partial charge in [-0.3, -0.25) is 14.6 Å². The van der Waals surface area contributed by atoms with Crippen molar-refractivity contribution < 1.29 is 14.7 Å². The van der Waals surface area contributed by atoms with Crippen LogP contribution in [0.3, 0.4) is 0 Å². The maximum absolute atomic E-state index is 13.4. The number of nitrogens with zero attached hydrogens (tertiary/aromatic N) is 1. The summed E-state index contributed by atoms with van der Waals surface area (Å²) < 4.78 is 0. The molecule has 0 saturated carbocycles. The summed E-state index contributed by atoms with van der Waals surface area (Å²) in [6.07, 6.45) is 1.98. The maximum Gasteiger partial charge on any atom is 0.234 e. The standard InChI is InChI=1S/C24H24N2O3/c1-14-7-3-4-10-18(14)26-24(29)21-15(2)25-19-11-6-12-20(28)23(19)22(21)16-8-5-9-17(27)13-16/h3-5,7-10,13,21-22,27H,6,11-12H2,1-2H3,(H,26,29)/t21?,22-/m1/s1. The molecule has 0 radical (unpaired) electrons. The Morgan fingerprint density at radius 2 is 1.90 bits per heavy atom. The topological polar surface area (TPSA) is 78.8 Å². The fraction of sp³-hybridized carbons (Fsp3) is 0.292. The first-order valence-corrected chi connectivity index (χ1v) is 9.92. The Balaban J connectivity index is 1.79. The number of hydrogen-bond donors (Lipinski definition) is 2. The number of aliphatic imine (C=N–C) groups is 1. The molecule has 4 rings (SSSR count). The Morgan fingerprint density at radius 3 is 2.66 bits per heavy atom. The average Bonchev–Trinajstić information content (AvgIpc) is 2.69. The molecule has 29 heavy (non-hydrogen) atoms. The number of rotatable bonds is 3. The van der Waals surface area contributed by atoms with Gasteiger partial charge in [-0.15, -0.1) is 0 Å². The van der Waals surface area contributed by atoms with Crippen LogP contribution in [0.25, 0.3) is 0 Å². The highest BCUT2D eigenvalue weighted by Gasteiger charge is 2.42. The number of allylic oxidation sites excluding steroid dienone is 2. The Bertz CT molecular complexity index is 1050. The largest absolute Gasteiger partial charge is 0.508 e. The molecule has 2 aromatic carbocycles. The molecule has 1 unspecified atom stereocenters. The van der Waals surface area contributed by atoms with E-state index in [1.54, 1.807) is 18.2 Å². The average molecular weight is 388 g/mol. The predicted molar refractivity (Wildman–Crippen MR) is 113 cm³/mol. The van der Waals surface area contributed by atoms with E-state index in [0.29, 0.717) is 17.7 Å². The number of amides is 1. The lowest BCUT2D eigenvalue weighted by Crippen LogP contribution is -2.39. The second-order valence-electron chi connectivity index (χ2n) is 7.74. The van der Waals surface area contributed by atoms with Gasteiger partial charge in [0.1, 0.15) is 5.75 Å². The minimum atomic E-state index is -0.614. The molecule has 2 aromatic rings. The molecule has 0 spiro atoms. The number of benzene rings is 2. The van der Waals surface area contributed by atoms with Gasteiger partial charge in [-0.25, -0.2) is 0 Å². The van der Waals surface area contributed by atoms with Gasteiger partial charge in [0.25, 0.3) is 0 Å². The van der Waals surface area contributed by atoms with E-state index >= 15 is 0 Å². The van der Waals surface area contributed by atoms with Gasteiger partial charge in [-0.2, -0.15) is 0 Å². The number of carbonyl (C=O) groups excluding carboxylic acids is 2. The Labute approximate surface area is 170 Å². The molecule has 0 saturated heterocycles. The molecule has 148 valence electrons. The van der Waals surface area contributed by atoms with Crippen LogP contribution in [-0.4, -0.2) is 22.5 Å². The van der Waals surface area contributed by atoms with Gasteiger partial charge in [-0.05, 0) is 56.0 Å². The van der Waals surface area contributed by atoms with Gasteiger partial charge < -0.3 is 10.4 Å². The second-order valence-corrected chi connectivity index (χ2v) is 7.74. The SMILES string of the molecule is CC1=NC2=C(C(=O)CCC2)[C@H](c2cccc(O)c2)C1C(=O)Nc1ccccc1C. The zero-order valence-corrected chi connectivity index (χ0v) is 16.6. The maximum atomic E-state index is 13.4. The highest BCUT2D eigenvalue weighted by molar-refractivity contribution is 6.13. The Hall–Kier alpha value is -3.21. The number of ketones is 1. The lowest BCUT2D eigenvalue weighted by molar-refractivity contribution is -0.119. The zero-order chi connectivity index (χ0) is 20.5. The highest BCUT2D eigenvalue weighted by atomic mass is 16.3. The number of nitrogens with one attached hydrogen (secondary N) is 1. The first kappa shape index (κ1) is 19.1. The van der Waals surface area contributed by atoms with Crippen LogP contribution in [0.1, 0.15) is 43.2 Å². The molecule has 1 aliphatic heterocycles. The Morgan fingerprint density at radius 1 is 1.10 bits per heavy atom. The van der Waals surface area contributed by atoms with Crippen molar-refractivity contribution in [1.82, 2.24) is 0 Å². The lowest BCUT2D eigenvalue weighted by Gasteiger charge is -2.35. The molecule has 5 heteroatoms. The number of phenolic OH excluding ortho intramolecular Hbond substituents is 1. The highest BCUT2D eigenvalue weighted by Crippen LogP contribution is 2.44. The fourth-order valence-electron chi connectivity index (χ4n) is 4.35. The minimum absolute atomic E-state index is 0.0459. The molecule has 1 aliphatic carbocycles. The molecule has 0 bridgehead atoms. The van der Waals surface area contributed by atoms with E-state index in [-0.39, 0.29) is 17.4 Å². The first-order valence-electron chi connectivity index (χ1n) is 9.92. The van der Waals surface area contributed by atoms with Crippen LogP contribution in [-0.2, 0) is 9.59 Å². The van der Waals surface area contributed by atoms with Gasteiger partial charge in [0.15, 0.2) is 5.78 Å². The van der Waals surface area contributed by atoms with Gasteiger partial charge in [-0.1, -0.05) is 30.3 Å². The van der Waals surface area contributed by atoms with Crippen molar-refractivity contribution in [2.45, 2.75) is 39.0 Å². The second kappa shape index (κ2) is 7.66. The van der Waals surface area contributed by atoms with E-state index in [9.17, 15) is 14.7 Å². The summed E-state index contributed by atoms with van der Waals surface area (Å²) in [5.74, 6) is -1.10. The van der Waals surface area contributed by atoms with Crippen LogP contribution >= 0.6 is 0 Å². The van der Waals surface area contributed by atoms with E-state index in [0.717, 1.165) is 35.4 Å². The lowest BCUT2D eigenvalue weighted by atomic mass is 9.71. The number of hydrogen-bond acceptors (Lipinski definition) is 4. The first-order chi connectivity index (χ1) is 14.0. The van der Waals surface area contributed by atoms with Crippen LogP contribution in [0, 0.1) is 12.8 Å². The van der Waals surface area contributed by atoms with E-state index in [4.69, 9.17) is 0 Å². The molecule has 0 fully saturated rings. The van der Waals surface area contributed by atoms with Crippen molar-refractivity contribution in [3.63, 3.8) is 0 Å². The predicted octanol–water partition coefficient (Wildman–Crippen LogP) is 4.52. The molecular formula is C24H24N2O3. The van der Waals surface area contributed by atoms with E-state index in [1.807, 2.05) is 44.2 Å². The van der Waals surface area contributed by atoms with Gasteiger partial charge in [0.2, 0.25) is 5.91 Å². The number of Topliss-reactive ketones (excluding diaryl/α,β-unsaturated/α-hetero) is 1. The van der Waals surface area contributed by atoms with Crippen LogP contribution in [0.4, 0.5) is 5.69 Å². The van der Waals surface area contributed by atoms with Crippen molar-refractivity contribution in [2.75, 3.05) is 5.32 Å². The van der Waals surface area contributed by atoms with Crippen LogP contribution in [0.15, 0.2) is 64.8 Å². The fourth-order valence-corrected chi connectivity index (χ4v) is 4.35. The summed E-state index contributed by atoms with van der Waals surface area (Å²) in [6.45, 7) is 3.79. The van der Waals surface area contributed by atoms with Crippen molar-refractivity contribution >= 4 is 23.1 Å². The molecule has 0 aromatic heterocycles. The van der Waals surface area contributed by atoms with Gasteiger partial charge in [0, 0.05) is 35.0 Å². The van der Waals surface area contributed by atoms with Crippen molar-refractivity contribution in [3.05, 3.63) is 70.9 Å². The number of para-hydroxylation sites is 1. The van der Waals surface area contributed by atoms with E-state index in [2.05, 4.69) is 10.3 Å². The quantitative estimate of drug-likeness (QED) is 0.811. The van der Waals surface area contributed by atoms with Crippen molar-refractivity contribution in [2.24, 2.45) is 10.9 Å². The Kier molecular flexibility index (Phi) is 5.05. The van der Waals surface area contributed by atoms with Crippen molar-refractivity contribution in [3.8, 4) is 5.75 Å². The van der Waals surface area contributed by atoms with Gasteiger partial charge >= 0.3 is 0 Å². The molecule has 2 atom stereocenters. The molecule has 2 N–H and O–H groups in total. The summed E-state index contributed by atoms with van der Waals surface area (Å²) in [5, 5.41) is 13.1. The number of phenols is 1. The summed E-state index contributed by atoms with van der Waals surface area (Å²) >= 11 is 0. The molecular weight excluding hydrogens is 364 g/mol. The van der Waals surface area contributed by atoms with Crippen LogP contribution in [0.5, 0.6) is 5.75 Å². The smallest absolute Gasteiger partial charge is 0.234 e. The molecule has 1 amide bonds. The zero-order valence-electron chi connectivity index (χ0n) is 16.6. The van der Waals surface area contributed by atoms with Crippen LogP contribution < -0.4 is 5.32 Å². The number of anilines is 1. The van der Waals surface area contributed by atoms with E-state index < -0.39 is 11.8 Å². The summed E-state index contributed by atoms with van der Waals surface area (Å²) in [4.78, 5) is 30.9. The molecule has 2 aliphatic rings. The third-order valence-corrected chi connectivity index (χ3v) is 5.75. The van der Waals surface area contributed by atoms with Gasteiger partial charge in [0.05, 0.1) is 5.92 Å². The van der Waals surface area contributed by atoms with Crippen molar-refractivity contribution in [1.29, 1.82) is 0 Å². The number of aryl methyl sites for hydroxylation is 1. The molecule has 1 heterocycles. The summed E-state index contributed by atoms with van der Waals surface area (Å²) in [5.41, 5.74) is 4.57. The summed E-state index contributed by atoms with van der Waals surface area (Å²) in [7, 11) is 0. The molecule has 5 nitrogen and oxygen atoms in total. The number of aromatic hydroxyl groups is 1.